The molecule has 1 heterocycles. The van der Waals surface area contributed by atoms with Crippen LogP contribution < -0.4 is 4.74 Å². The zero-order chi connectivity index (χ0) is 21.4. The molecule has 0 radical (unpaired) electrons. The number of rotatable bonds is 6. The molecule has 2 aliphatic rings. The molecule has 5 heteroatoms. The quantitative estimate of drug-likeness (QED) is 0.367. The molecule has 2 fully saturated rings. The molecule has 1 aromatic carbocycles. The van der Waals surface area contributed by atoms with Gasteiger partial charge in [-0.15, -0.1) is 10.2 Å². The first-order chi connectivity index (χ1) is 14.3. The first-order valence-electron chi connectivity index (χ1n) is 11.1. The van der Waals surface area contributed by atoms with Crippen LogP contribution in [-0.4, -0.2) is 23.1 Å². The standard InChI is InChI=1S/C25H34N2O2S/c1-17-7-12-21-24(2,3)14-6-15-25(21,4)20(17)13-16-30-23-27-26-22(29-23)18-8-10-19(28-5)11-9-18/h8-11,20-21H,1,6-7,12-16H2,2-5H3. The number of hydrogen-bond acceptors (Lipinski definition) is 5. The Morgan fingerprint density at radius 2 is 1.93 bits per heavy atom. The molecule has 0 spiro atoms. The molecule has 162 valence electrons. The topological polar surface area (TPSA) is 48.2 Å². The molecular formula is C25H34N2O2S. The lowest BCUT2D eigenvalue weighted by Crippen LogP contribution is -2.49. The zero-order valence-corrected chi connectivity index (χ0v) is 19.6. The minimum Gasteiger partial charge on any atom is -0.497 e. The predicted molar refractivity (Wildman–Crippen MR) is 123 cm³/mol. The van der Waals surface area contributed by atoms with Gasteiger partial charge in [0.1, 0.15) is 5.75 Å². The van der Waals surface area contributed by atoms with Gasteiger partial charge in [-0.25, -0.2) is 0 Å². The van der Waals surface area contributed by atoms with Gasteiger partial charge < -0.3 is 9.15 Å². The third kappa shape index (κ3) is 4.05. The highest BCUT2D eigenvalue weighted by atomic mass is 32.2. The van der Waals surface area contributed by atoms with Crippen molar-refractivity contribution in [3.8, 4) is 17.2 Å². The van der Waals surface area contributed by atoms with E-state index in [2.05, 4.69) is 37.5 Å². The van der Waals surface area contributed by atoms with Gasteiger partial charge in [-0.05, 0) is 79.0 Å². The molecule has 4 rings (SSSR count). The molecule has 3 atom stereocenters. The zero-order valence-electron chi connectivity index (χ0n) is 18.7. The van der Waals surface area contributed by atoms with Crippen LogP contribution in [0.3, 0.4) is 0 Å². The van der Waals surface area contributed by atoms with Crippen molar-refractivity contribution in [3.05, 3.63) is 36.4 Å². The van der Waals surface area contributed by atoms with Crippen LogP contribution in [0, 0.1) is 22.7 Å². The number of nitrogens with zero attached hydrogens (tertiary/aromatic N) is 2. The predicted octanol–water partition coefficient (Wildman–Crippen LogP) is 7.03. The molecule has 1 aromatic heterocycles. The van der Waals surface area contributed by atoms with E-state index in [0.29, 0.717) is 27.9 Å². The number of benzene rings is 1. The van der Waals surface area contributed by atoms with Crippen LogP contribution in [0.4, 0.5) is 0 Å². The monoisotopic (exact) mass is 426 g/mol. The van der Waals surface area contributed by atoms with Gasteiger partial charge in [0, 0.05) is 11.3 Å². The maximum atomic E-state index is 5.90. The summed E-state index contributed by atoms with van der Waals surface area (Å²) in [6.07, 6.45) is 7.65. The molecular weight excluding hydrogens is 392 g/mol. The molecule has 0 amide bonds. The number of hydrogen-bond donors (Lipinski definition) is 0. The van der Waals surface area contributed by atoms with Gasteiger partial charge in [-0.2, -0.15) is 0 Å². The SMILES string of the molecule is C=C1CCC2C(C)(C)CCCC2(C)C1CCSc1nnc(-c2ccc(OC)cc2)o1. The van der Waals surface area contributed by atoms with Crippen LogP contribution in [0.25, 0.3) is 11.5 Å². The summed E-state index contributed by atoms with van der Waals surface area (Å²) in [5, 5.41) is 9.12. The number of methoxy groups -OCH3 is 1. The lowest BCUT2D eigenvalue weighted by molar-refractivity contribution is -0.0524. The Morgan fingerprint density at radius 3 is 2.67 bits per heavy atom. The summed E-state index contributed by atoms with van der Waals surface area (Å²) in [4.78, 5) is 0. The molecule has 2 aromatic rings. The highest BCUT2D eigenvalue weighted by molar-refractivity contribution is 7.99. The number of ether oxygens (including phenoxy) is 1. The lowest BCUT2D eigenvalue weighted by atomic mass is 9.47. The third-order valence-corrected chi connectivity index (χ3v) is 8.55. The summed E-state index contributed by atoms with van der Waals surface area (Å²) < 4.78 is 11.1. The minimum absolute atomic E-state index is 0.376. The number of allylic oxidation sites excluding steroid dienone is 1. The van der Waals surface area contributed by atoms with Gasteiger partial charge in [0.25, 0.3) is 5.22 Å². The van der Waals surface area contributed by atoms with Crippen LogP contribution in [-0.2, 0) is 0 Å². The van der Waals surface area contributed by atoms with E-state index in [9.17, 15) is 0 Å². The fourth-order valence-corrected chi connectivity index (χ4v) is 6.95. The maximum absolute atomic E-state index is 5.90. The molecule has 3 unspecified atom stereocenters. The van der Waals surface area contributed by atoms with Crippen LogP contribution >= 0.6 is 11.8 Å². The van der Waals surface area contributed by atoms with Crippen LogP contribution in [0.2, 0.25) is 0 Å². The normalized spacial score (nSPS) is 28.2. The van der Waals surface area contributed by atoms with Gasteiger partial charge in [0.05, 0.1) is 7.11 Å². The van der Waals surface area contributed by atoms with Crippen molar-refractivity contribution in [1.82, 2.24) is 10.2 Å². The van der Waals surface area contributed by atoms with E-state index in [1.807, 2.05) is 24.3 Å². The first kappa shape index (κ1) is 21.5. The average molecular weight is 427 g/mol. The molecule has 30 heavy (non-hydrogen) atoms. The second-order valence-electron chi connectivity index (χ2n) is 9.89. The van der Waals surface area contributed by atoms with Gasteiger partial charge in [-0.3, -0.25) is 0 Å². The summed E-state index contributed by atoms with van der Waals surface area (Å²) in [6.45, 7) is 12.0. The van der Waals surface area contributed by atoms with E-state index in [4.69, 9.17) is 9.15 Å². The summed E-state index contributed by atoms with van der Waals surface area (Å²) in [7, 11) is 1.66. The fourth-order valence-electron chi connectivity index (χ4n) is 6.19. The van der Waals surface area contributed by atoms with Gasteiger partial charge in [-0.1, -0.05) is 51.1 Å². The van der Waals surface area contributed by atoms with E-state index < -0.39 is 0 Å². The number of thioether (sulfide) groups is 1. The summed E-state index contributed by atoms with van der Waals surface area (Å²) in [5.41, 5.74) is 3.19. The Hall–Kier alpha value is -1.75. The molecule has 2 aliphatic carbocycles. The van der Waals surface area contributed by atoms with E-state index in [0.717, 1.165) is 29.4 Å². The van der Waals surface area contributed by atoms with Crippen LogP contribution in [0.1, 0.15) is 59.3 Å². The lowest BCUT2D eigenvalue weighted by Gasteiger charge is -2.58. The van der Waals surface area contributed by atoms with E-state index in [1.165, 1.54) is 37.7 Å². The smallest absolute Gasteiger partial charge is 0.276 e. The second-order valence-corrected chi connectivity index (χ2v) is 10.9. The molecule has 0 aliphatic heterocycles. The number of fused-ring (bicyclic) bond motifs is 1. The van der Waals surface area contributed by atoms with Crippen molar-refractivity contribution in [2.24, 2.45) is 22.7 Å². The second kappa shape index (κ2) is 8.41. The van der Waals surface area contributed by atoms with Crippen molar-refractivity contribution in [2.45, 2.75) is 64.5 Å². The number of aromatic nitrogens is 2. The summed E-state index contributed by atoms with van der Waals surface area (Å²) in [6, 6.07) is 7.70. The Bertz CT molecular complexity index is 889. The van der Waals surface area contributed by atoms with E-state index in [-0.39, 0.29) is 0 Å². The average Bonchev–Trinajstić information content (AvgIpc) is 3.18. The summed E-state index contributed by atoms with van der Waals surface area (Å²) >= 11 is 1.67. The van der Waals surface area contributed by atoms with Crippen molar-refractivity contribution in [2.75, 3.05) is 12.9 Å². The fraction of sp³-hybridized carbons (Fsp3) is 0.600. The van der Waals surface area contributed by atoms with Crippen LogP contribution in [0.15, 0.2) is 46.1 Å². The van der Waals surface area contributed by atoms with Crippen molar-refractivity contribution >= 4 is 11.8 Å². The molecule has 0 N–H and O–H groups in total. The van der Waals surface area contributed by atoms with Crippen LogP contribution in [0.5, 0.6) is 5.75 Å². The third-order valence-electron chi connectivity index (χ3n) is 7.69. The van der Waals surface area contributed by atoms with Crippen molar-refractivity contribution in [1.29, 1.82) is 0 Å². The van der Waals surface area contributed by atoms with Crippen molar-refractivity contribution < 1.29 is 9.15 Å². The highest BCUT2D eigenvalue weighted by Crippen LogP contribution is 2.61. The van der Waals surface area contributed by atoms with Crippen molar-refractivity contribution in [3.63, 3.8) is 0 Å². The molecule has 4 nitrogen and oxygen atoms in total. The van der Waals surface area contributed by atoms with Gasteiger partial charge >= 0.3 is 0 Å². The van der Waals surface area contributed by atoms with Gasteiger partial charge in [0.15, 0.2) is 0 Å². The largest absolute Gasteiger partial charge is 0.497 e. The highest BCUT2D eigenvalue weighted by Gasteiger charge is 2.52. The van der Waals surface area contributed by atoms with Gasteiger partial charge in [0.2, 0.25) is 5.89 Å². The Balaban J connectivity index is 1.40. The summed E-state index contributed by atoms with van der Waals surface area (Å²) in [5.74, 6) is 3.75. The molecule has 0 bridgehead atoms. The minimum atomic E-state index is 0.376. The maximum Gasteiger partial charge on any atom is 0.276 e. The Kier molecular flexibility index (Phi) is 6.02. The first-order valence-corrected chi connectivity index (χ1v) is 12.1. The van der Waals surface area contributed by atoms with E-state index >= 15 is 0 Å². The van der Waals surface area contributed by atoms with E-state index in [1.54, 1.807) is 18.9 Å². The molecule has 2 saturated carbocycles. The Morgan fingerprint density at radius 1 is 1.17 bits per heavy atom. The Labute approximate surface area is 184 Å². The molecule has 0 saturated heterocycles.